The maximum Gasteiger partial charge on any atom is 0.338 e. The van der Waals surface area contributed by atoms with E-state index in [1.54, 1.807) is 28.8 Å². The zero-order valence-corrected chi connectivity index (χ0v) is 13.7. The second-order valence-corrected chi connectivity index (χ2v) is 5.72. The van der Waals surface area contributed by atoms with Crippen LogP contribution in [-0.2, 0) is 6.54 Å². The van der Waals surface area contributed by atoms with Gasteiger partial charge < -0.3 is 9.67 Å². The van der Waals surface area contributed by atoms with E-state index in [9.17, 15) is 9.59 Å². The lowest BCUT2D eigenvalue weighted by atomic mass is 10.1. The number of rotatable bonds is 4. The van der Waals surface area contributed by atoms with E-state index in [-0.39, 0.29) is 22.7 Å². The van der Waals surface area contributed by atoms with Gasteiger partial charge in [-0.2, -0.15) is 15.3 Å². The topological polar surface area (TPSA) is 142 Å². The van der Waals surface area contributed by atoms with Crippen molar-refractivity contribution >= 4 is 17.1 Å². The van der Waals surface area contributed by atoms with E-state index in [4.69, 9.17) is 10.4 Å². The fourth-order valence-corrected chi connectivity index (χ4v) is 2.63. The molecule has 0 saturated heterocycles. The summed E-state index contributed by atoms with van der Waals surface area (Å²) in [6, 6.07) is 9.06. The molecule has 0 aliphatic carbocycles. The summed E-state index contributed by atoms with van der Waals surface area (Å²) in [5, 5.41) is 21.7. The average Bonchev–Trinajstić information content (AvgIpc) is 3.30. The van der Waals surface area contributed by atoms with Crippen molar-refractivity contribution in [3.8, 4) is 12.0 Å². The van der Waals surface area contributed by atoms with Crippen molar-refractivity contribution in [2.75, 3.05) is 0 Å². The number of fused-ring (bicyclic) bond motifs is 1. The smallest absolute Gasteiger partial charge is 0.338 e. The summed E-state index contributed by atoms with van der Waals surface area (Å²) in [5.74, 6) is -1.06. The van der Waals surface area contributed by atoms with Gasteiger partial charge in [0.1, 0.15) is 0 Å². The summed E-state index contributed by atoms with van der Waals surface area (Å²) in [4.78, 5) is 34.5. The van der Waals surface area contributed by atoms with E-state index >= 15 is 0 Å². The normalized spacial score (nSPS) is 10.8. The van der Waals surface area contributed by atoms with Crippen molar-refractivity contribution in [2.24, 2.45) is 0 Å². The lowest BCUT2D eigenvalue weighted by molar-refractivity contribution is 0.0697. The third kappa shape index (κ3) is 2.93. The number of imidazole rings is 1. The standard InChI is InChI=1S/C17H11N7O3/c18-5-10-1-3-11(4-2-10)7-23-9-19-14-13(23)15(25)22-17(21-14)24-8-12(6-20-24)16(26)27/h1-4,6,8-9H,7H2,(H,26,27)(H,21,22,25). The molecule has 2 N–H and O–H groups in total. The van der Waals surface area contributed by atoms with Crippen LogP contribution in [0, 0.1) is 11.3 Å². The number of carboxylic acid groups (broad SMARTS) is 1. The van der Waals surface area contributed by atoms with Gasteiger partial charge in [0.15, 0.2) is 11.2 Å². The van der Waals surface area contributed by atoms with Crippen LogP contribution in [0.5, 0.6) is 0 Å². The molecule has 0 radical (unpaired) electrons. The number of carbonyl (C=O) groups is 1. The van der Waals surface area contributed by atoms with Gasteiger partial charge in [0.05, 0.1) is 29.7 Å². The summed E-state index contributed by atoms with van der Waals surface area (Å²) < 4.78 is 2.82. The molecule has 0 aliphatic heterocycles. The maximum atomic E-state index is 12.5. The first-order valence-corrected chi connectivity index (χ1v) is 7.77. The average molecular weight is 361 g/mol. The van der Waals surface area contributed by atoms with Crippen molar-refractivity contribution in [3.05, 3.63) is 70.0 Å². The lowest BCUT2D eigenvalue weighted by Crippen LogP contribution is -2.16. The first kappa shape index (κ1) is 16.2. The number of aromatic carboxylic acids is 1. The molecule has 4 aromatic rings. The Kier molecular flexibility index (Phi) is 3.74. The number of nitrogens with one attached hydrogen (secondary N) is 1. The largest absolute Gasteiger partial charge is 0.478 e. The molecule has 3 aromatic heterocycles. The first-order chi connectivity index (χ1) is 13.0. The van der Waals surface area contributed by atoms with Gasteiger partial charge in [-0.3, -0.25) is 9.78 Å². The molecule has 0 unspecified atom stereocenters. The molecule has 0 fully saturated rings. The van der Waals surface area contributed by atoms with Crippen LogP contribution in [-0.4, -0.2) is 40.4 Å². The molecule has 10 heteroatoms. The van der Waals surface area contributed by atoms with Crippen LogP contribution in [0.15, 0.2) is 47.8 Å². The Hall–Kier alpha value is -4.26. The van der Waals surface area contributed by atoms with Crippen LogP contribution < -0.4 is 5.56 Å². The minimum atomic E-state index is -1.13. The Bertz CT molecular complexity index is 1260. The van der Waals surface area contributed by atoms with Crippen molar-refractivity contribution in [1.82, 2.24) is 29.3 Å². The van der Waals surface area contributed by atoms with Gasteiger partial charge in [-0.1, -0.05) is 12.1 Å². The third-order valence-corrected chi connectivity index (χ3v) is 3.95. The summed E-state index contributed by atoms with van der Waals surface area (Å²) >= 11 is 0. The molecule has 10 nitrogen and oxygen atoms in total. The molecule has 3 heterocycles. The Morgan fingerprint density at radius 1 is 1.30 bits per heavy atom. The lowest BCUT2D eigenvalue weighted by Gasteiger charge is -2.05. The SMILES string of the molecule is N#Cc1ccc(Cn2cnc3nc(-n4cc(C(=O)O)cn4)[nH]c(=O)c32)cc1. The Balaban J connectivity index is 1.71. The van der Waals surface area contributed by atoms with Gasteiger partial charge in [-0.05, 0) is 17.7 Å². The Morgan fingerprint density at radius 2 is 2.07 bits per heavy atom. The van der Waals surface area contributed by atoms with Gasteiger partial charge in [0.25, 0.3) is 5.56 Å². The molecule has 0 saturated carbocycles. The zero-order valence-electron chi connectivity index (χ0n) is 13.7. The Labute approximate surface area is 151 Å². The van der Waals surface area contributed by atoms with Crippen molar-refractivity contribution in [3.63, 3.8) is 0 Å². The molecule has 0 aliphatic rings. The van der Waals surface area contributed by atoms with E-state index in [2.05, 4.69) is 26.1 Å². The number of aromatic nitrogens is 6. The van der Waals surface area contributed by atoms with Gasteiger partial charge in [-0.15, -0.1) is 0 Å². The van der Waals surface area contributed by atoms with E-state index in [1.807, 2.05) is 0 Å². The molecule has 0 amide bonds. The number of benzene rings is 1. The number of H-pyrrole nitrogens is 1. The summed E-state index contributed by atoms with van der Waals surface area (Å²) in [7, 11) is 0. The molecule has 132 valence electrons. The van der Waals surface area contributed by atoms with Crippen LogP contribution in [0.3, 0.4) is 0 Å². The highest BCUT2D eigenvalue weighted by Gasteiger charge is 2.14. The second kappa shape index (κ2) is 6.23. The van der Waals surface area contributed by atoms with Gasteiger partial charge in [0.2, 0.25) is 5.95 Å². The van der Waals surface area contributed by atoms with Crippen LogP contribution in [0.1, 0.15) is 21.5 Å². The molecule has 4 rings (SSSR count). The highest BCUT2D eigenvalue weighted by Crippen LogP contribution is 2.12. The minimum absolute atomic E-state index is 0.0240. The van der Waals surface area contributed by atoms with E-state index in [1.165, 1.54) is 17.2 Å². The summed E-state index contributed by atoms with van der Waals surface area (Å²) in [5.41, 5.74) is 1.51. The molecular weight excluding hydrogens is 350 g/mol. The first-order valence-electron chi connectivity index (χ1n) is 7.77. The van der Waals surface area contributed by atoms with Crippen molar-refractivity contribution in [1.29, 1.82) is 5.26 Å². The fraction of sp³-hybridized carbons (Fsp3) is 0.0588. The number of hydrogen-bond donors (Lipinski definition) is 2. The van der Waals surface area contributed by atoms with Crippen LogP contribution >= 0.6 is 0 Å². The van der Waals surface area contributed by atoms with E-state index in [0.29, 0.717) is 12.1 Å². The van der Waals surface area contributed by atoms with Gasteiger partial charge in [0, 0.05) is 12.7 Å². The molecular formula is C17H11N7O3. The zero-order chi connectivity index (χ0) is 19.0. The van der Waals surface area contributed by atoms with Crippen molar-refractivity contribution in [2.45, 2.75) is 6.54 Å². The van der Waals surface area contributed by atoms with Gasteiger partial charge in [-0.25, -0.2) is 14.5 Å². The van der Waals surface area contributed by atoms with Crippen molar-refractivity contribution < 1.29 is 9.90 Å². The summed E-state index contributed by atoms with van der Waals surface area (Å²) in [6.45, 7) is 0.386. The van der Waals surface area contributed by atoms with Crippen LogP contribution in [0.4, 0.5) is 0 Å². The Morgan fingerprint density at radius 3 is 2.74 bits per heavy atom. The number of nitriles is 1. The maximum absolute atomic E-state index is 12.5. The number of carboxylic acids is 1. The number of nitrogens with zero attached hydrogens (tertiary/aromatic N) is 6. The van der Waals surface area contributed by atoms with Crippen LogP contribution in [0.2, 0.25) is 0 Å². The van der Waals surface area contributed by atoms with Crippen LogP contribution in [0.25, 0.3) is 17.1 Å². The van der Waals surface area contributed by atoms with Gasteiger partial charge >= 0.3 is 5.97 Å². The molecule has 0 atom stereocenters. The molecule has 0 spiro atoms. The number of aromatic amines is 1. The third-order valence-electron chi connectivity index (χ3n) is 3.95. The van der Waals surface area contributed by atoms with E-state index in [0.717, 1.165) is 11.8 Å². The minimum Gasteiger partial charge on any atom is -0.478 e. The second-order valence-electron chi connectivity index (χ2n) is 5.72. The monoisotopic (exact) mass is 361 g/mol. The number of hydrogen-bond acceptors (Lipinski definition) is 6. The molecule has 1 aromatic carbocycles. The predicted molar refractivity (Wildman–Crippen MR) is 92.5 cm³/mol. The molecule has 27 heavy (non-hydrogen) atoms. The highest BCUT2D eigenvalue weighted by atomic mass is 16.4. The fourth-order valence-electron chi connectivity index (χ4n) is 2.63. The quantitative estimate of drug-likeness (QED) is 0.550. The van der Waals surface area contributed by atoms with E-state index < -0.39 is 11.5 Å². The summed E-state index contributed by atoms with van der Waals surface area (Å²) in [6.07, 6.45) is 3.91. The predicted octanol–water partition coefficient (Wildman–Crippen LogP) is 0.923. The highest BCUT2D eigenvalue weighted by molar-refractivity contribution is 5.86. The molecule has 0 bridgehead atoms.